The fourth-order valence-electron chi connectivity index (χ4n) is 3.37. The Morgan fingerprint density at radius 3 is 2.30 bits per heavy atom. The molecule has 0 atom stereocenters. The maximum atomic E-state index is 5.85. The van der Waals surface area contributed by atoms with Gasteiger partial charge in [0.05, 0.1) is 0 Å². The first-order valence-corrected chi connectivity index (χ1v) is 8.16. The number of rotatable bonds is 4. The van der Waals surface area contributed by atoms with E-state index < -0.39 is 0 Å². The van der Waals surface area contributed by atoms with E-state index in [9.17, 15) is 0 Å². The van der Waals surface area contributed by atoms with Crippen LogP contribution in [-0.4, -0.2) is 55.7 Å². The Morgan fingerprint density at radius 1 is 1.00 bits per heavy atom. The summed E-state index contributed by atoms with van der Waals surface area (Å²) in [6, 6.07) is 8.26. The van der Waals surface area contributed by atoms with Crippen molar-refractivity contribution >= 4 is 30.5 Å². The third-order valence-corrected chi connectivity index (χ3v) is 4.68. The third-order valence-electron chi connectivity index (χ3n) is 4.68. The average Bonchev–Trinajstić information content (AvgIpc) is 2.50. The van der Waals surface area contributed by atoms with Crippen molar-refractivity contribution in [2.45, 2.75) is 19.4 Å². The van der Waals surface area contributed by atoms with Crippen molar-refractivity contribution in [1.29, 1.82) is 0 Å². The lowest BCUT2D eigenvalue weighted by Crippen LogP contribution is -2.47. The van der Waals surface area contributed by atoms with Crippen molar-refractivity contribution in [3.63, 3.8) is 0 Å². The van der Waals surface area contributed by atoms with Gasteiger partial charge in [0.15, 0.2) is 0 Å². The molecule has 0 amide bonds. The van der Waals surface area contributed by atoms with E-state index in [2.05, 4.69) is 21.9 Å². The van der Waals surface area contributed by atoms with Crippen molar-refractivity contribution < 1.29 is 4.74 Å². The molecule has 0 aromatic heterocycles. The summed E-state index contributed by atoms with van der Waals surface area (Å²) in [5, 5.41) is 0. The van der Waals surface area contributed by atoms with Gasteiger partial charge in [0.2, 0.25) is 0 Å². The summed E-state index contributed by atoms with van der Waals surface area (Å²) in [4.78, 5) is 5.17. The van der Waals surface area contributed by atoms with Gasteiger partial charge in [-0.15, -0.1) is 24.8 Å². The van der Waals surface area contributed by atoms with Crippen molar-refractivity contribution in [1.82, 2.24) is 9.80 Å². The van der Waals surface area contributed by atoms with E-state index in [4.69, 9.17) is 10.5 Å². The van der Waals surface area contributed by atoms with Crippen LogP contribution < -0.4 is 5.73 Å². The van der Waals surface area contributed by atoms with Crippen LogP contribution in [0.5, 0.6) is 0 Å². The van der Waals surface area contributed by atoms with Gasteiger partial charge in [0.25, 0.3) is 0 Å². The molecule has 2 N–H and O–H groups in total. The fourth-order valence-corrected chi connectivity index (χ4v) is 3.37. The highest BCUT2D eigenvalue weighted by Gasteiger charge is 2.21. The molecule has 23 heavy (non-hydrogen) atoms. The third kappa shape index (κ3) is 6.48. The van der Waals surface area contributed by atoms with E-state index in [0.29, 0.717) is 0 Å². The van der Waals surface area contributed by atoms with E-state index >= 15 is 0 Å². The molecule has 0 aliphatic carbocycles. The number of piperazine rings is 1. The highest BCUT2D eigenvalue weighted by Crippen LogP contribution is 2.18. The van der Waals surface area contributed by atoms with Gasteiger partial charge in [-0.2, -0.15) is 0 Å². The van der Waals surface area contributed by atoms with E-state index in [0.717, 1.165) is 44.5 Å². The van der Waals surface area contributed by atoms with Crippen LogP contribution in [0.25, 0.3) is 0 Å². The quantitative estimate of drug-likeness (QED) is 0.837. The maximum Gasteiger partial charge on any atom is 0.0469 e. The van der Waals surface area contributed by atoms with E-state index in [1.54, 1.807) is 0 Å². The maximum absolute atomic E-state index is 5.85. The van der Waals surface area contributed by atoms with Crippen molar-refractivity contribution in [3.8, 4) is 0 Å². The first-order chi connectivity index (χ1) is 10.3. The SMILES string of the molecule is Cl.Cl.Nc1cccc(CN2CCN(CC3CCOCC3)CC2)c1. The lowest BCUT2D eigenvalue weighted by atomic mass is 9.99. The van der Waals surface area contributed by atoms with Crippen LogP contribution in [0.15, 0.2) is 24.3 Å². The molecule has 132 valence electrons. The van der Waals surface area contributed by atoms with Crippen LogP contribution in [0.4, 0.5) is 5.69 Å². The van der Waals surface area contributed by atoms with Gasteiger partial charge >= 0.3 is 0 Å². The predicted octanol–water partition coefficient (Wildman–Crippen LogP) is 2.66. The summed E-state index contributed by atoms with van der Waals surface area (Å²) in [7, 11) is 0. The zero-order valence-electron chi connectivity index (χ0n) is 13.7. The Balaban J connectivity index is 0.00000132. The zero-order valence-corrected chi connectivity index (χ0v) is 15.3. The molecule has 0 saturated carbocycles. The van der Waals surface area contributed by atoms with Gasteiger partial charge < -0.3 is 15.4 Å². The fraction of sp³-hybridized carbons (Fsp3) is 0.647. The molecular formula is C17H29Cl2N3O. The van der Waals surface area contributed by atoms with Gasteiger partial charge in [-0.1, -0.05) is 12.1 Å². The standard InChI is InChI=1S/C17H27N3O.2ClH/c18-17-3-1-2-16(12-17)14-20-8-6-19(7-9-20)13-15-4-10-21-11-5-15;;/h1-3,12,15H,4-11,13-14,18H2;2*1H. The molecule has 1 aromatic carbocycles. The Morgan fingerprint density at radius 2 is 1.65 bits per heavy atom. The molecule has 6 heteroatoms. The van der Waals surface area contributed by atoms with Gasteiger partial charge in [0, 0.05) is 58.2 Å². The number of nitrogen functional groups attached to an aromatic ring is 1. The summed E-state index contributed by atoms with van der Waals surface area (Å²) in [5.41, 5.74) is 8.05. The minimum atomic E-state index is 0. The number of nitrogens with zero attached hydrogens (tertiary/aromatic N) is 2. The molecule has 2 saturated heterocycles. The van der Waals surface area contributed by atoms with E-state index in [1.807, 2.05) is 12.1 Å². The minimum absolute atomic E-state index is 0. The number of hydrogen-bond acceptors (Lipinski definition) is 4. The van der Waals surface area contributed by atoms with Crippen LogP contribution in [0, 0.1) is 5.92 Å². The topological polar surface area (TPSA) is 41.7 Å². The number of anilines is 1. The second-order valence-corrected chi connectivity index (χ2v) is 6.38. The summed E-state index contributed by atoms with van der Waals surface area (Å²) < 4.78 is 5.44. The molecule has 2 aliphatic heterocycles. The number of ether oxygens (including phenoxy) is 1. The van der Waals surface area contributed by atoms with Crippen molar-refractivity contribution in [2.75, 3.05) is 51.7 Å². The van der Waals surface area contributed by atoms with Gasteiger partial charge in [-0.25, -0.2) is 0 Å². The molecule has 4 nitrogen and oxygen atoms in total. The number of nitrogens with two attached hydrogens (primary N) is 1. The van der Waals surface area contributed by atoms with Crippen molar-refractivity contribution in [3.05, 3.63) is 29.8 Å². The summed E-state index contributed by atoms with van der Waals surface area (Å²) >= 11 is 0. The smallest absolute Gasteiger partial charge is 0.0469 e. The summed E-state index contributed by atoms with van der Waals surface area (Å²) in [5.74, 6) is 0.847. The molecule has 2 heterocycles. The monoisotopic (exact) mass is 361 g/mol. The molecule has 0 unspecified atom stereocenters. The summed E-state index contributed by atoms with van der Waals surface area (Å²) in [6.07, 6.45) is 2.48. The van der Waals surface area contributed by atoms with E-state index in [-0.39, 0.29) is 24.8 Å². The van der Waals surface area contributed by atoms with Crippen LogP contribution in [0.3, 0.4) is 0 Å². The van der Waals surface area contributed by atoms with E-state index in [1.165, 1.54) is 38.0 Å². The first-order valence-electron chi connectivity index (χ1n) is 8.16. The van der Waals surface area contributed by atoms with Crippen LogP contribution in [0.2, 0.25) is 0 Å². The minimum Gasteiger partial charge on any atom is -0.399 e. The van der Waals surface area contributed by atoms with Crippen LogP contribution in [-0.2, 0) is 11.3 Å². The molecule has 3 rings (SSSR count). The lowest BCUT2D eigenvalue weighted by molar-refractivity contribution is 0.0415. The van der Waals surface area contributed by atoms with Crippen molar-refractivity contribution in [2.24, 2.45) is 5.92 Å². The average molecular weight is 362 g/mol. The molecule has 2 fully saturated rings. The predicted molar refractivity (Wildman–Crippen MR) is 101 cm³/mol. The summed E-state index contributed by atoms with van der Waals surface area (Å²) in [6.45, 7) is 8.92. The number of halogens is 2. The van der Waals surface area contributed by atoms with Gasteiger partial charge in [0.1, 0.15) is 0 Å². The molecule has 0 radical (unpaired) electrons. The highest BCUT2D eigenvalue weighted by molar-refractivity contribution is 5.85. The Bertz CT molecular complexity index is 447. The molecule has 0 spiro atoms. The molecule has 0 bridgehead atoms. The first kappa shape index (κ1) is 20.5. The second kappa shape index (κ2) is 10.4. The lowest BCUT2D eigenvalue weighted by Gasteiger charge is -2.37. The number of hydrogen-bond donors (Lipinski definition) is 1. The second-order valence-electron chi connectivity index (χ2n) is 6.38. The highest BCUT2D eigenvalue weighted by atomic mass is 35.5. The normalized spacial score (nSPS) is 20.5. The Labute approximate surface area is 152 Å². The van der Waals surface area contributed by atoms with Gasteiger partial charge in [-0.05, 0) is 36.5 Å². The van der Waals surface area contributed by atoms with Crippen LogP contribution in [0.1, 0.15) is 18.4 Å². The van der Waals surface area contributed by atoms with Gasteiger partial charge in [-0.3, -0.25) is 4.90 Å². The molecule has 1 aromatic rings. The zero-order chi connectivity index (χ0) is 14.5. The Hall–Kier alpha value is -0.520. The molecule has 2 aliphatic rings. The molecular weight excluding hydrogens is 333 g/mol. The Kier molecular flexibility index (Phi) is 9.25. The number of benzene rings is 1. The van der Waals surface area contributed by atoms with Crippen LogP contribution >= 0.6 is 24.8 Å². The largest absolute Gasteiger partial charge is 0.399 e.